The number of nitrogens with zero attached hydrogens (tertiary/aromatic N) is 1. The van der Waals surface area contributed by atoms with Crippen LogP contribution < -0.4 is 5.73 Å². The predicted octanol–water partition coefficient (Wildman–Crippen LogP) is 2.56. The summed E-state index contributed by atoms with van der Waals surface area (Å²) in [6, 6.07) is 0. The fraction of sp³-hybridized carbons (Fsp3) is 0.941. The molecule has 2 fully saturated rings. The Morgan fingerprint density at radius 2 is 1.90 bits per heavy atom. The molecule has 2 rings (SSSR count). The Morgan fingerprint density at radius 3 is 2.57 bits per heavy atom. The van der Waals surface area contributed by atoms with E-state index in [9.17, 15) is 4.79 Å². The van der Waals surface area contributed by atoms with E-state index in [4.69, 9.17) is 10.5 Å². The number of rotatable bonds is 6. The Labute approximate surface area is 129 Å². The first-order chi connectivity index (χ1) is 10.2. The molecule has 4 nitrogen and oxygen atoms in total. The standard InChI is InChI=1S/C17H32N2O2/c1-2-10-21-16-4-3-9-19(13-16)17(20)11-14-5-7-15(12-18)8-6-14/h14-16H,2-13,18H2,1H3. The lowest BCUT2D eigenvalue weighted by Gasteiger charge is -2.34. The van der Waals surface area contributed by atoms with Gasteiger partial charge in [0.05, 0.1) is 6.10 Å². The molecule has 0 spiro atoms. The van der Waals surface area contributed by atoms with Crippen molar-refractivity contribution < 1.29 is 9.53 Å². The fourth-order valence-corrected chi connectivity index (χ4v) is 3.63. The molecule has 1 saturated heterocycles. The second-order valence-electron chi connectivity index (χ2n) is 6.80. The molecule has 1 atom stereocenters. The van der Waals surface area contributed by atoms with Crippen molar-refractivity contribution in [2.24, 2.45) is 17.6 Å². The summed E-state index contributed by atoms with van der Waals surface area (Å²) in [5.41, 5.74) is 5.73. The maximum atomic E-state index is 12.5. The highest BCUT2D eigenvalue weighted by molar-refractivity contribution is 5.76. The summed E-state index contributed by atoms with van der Waals surface area (Å²) in [5.74, 6) is 1.62. The van der Waals surface area contributed by atoms with E-state index in [0.29, 0.717) is 17.7 Å². The van der Waals surface area contributed by atoms with Crippen molar-refractivity contribution in [3.63, 3.8) is 0 Å². The minimum Gasteiger partial charge on any atom is -0.376 e. The number of carbonyl (C=O) groups excluding carboxylic acids is 1. The molecule has 0 aromatic carbocycles. The van der Waals surface area contributed by atoms with Gasteiger partial charge in [0.25, 0.3) is 0 Å². The van der Waals surface area contributed by atoms with Crippen LogP contribution in [0, 0.1) is 11.8 Å². The normalized spacial score (nSPS) is 30.4. The highest BCUT2D eigenvalue weighted by Crippen LogP contribution is 2.31. The molecule has 2 N–H and O–H groups in total. The average Bonchev–Trinajstić information content (AvgIpc) is 2.54. The van der Waals surface area contributed by atoms with Crippen molar-refractivity contribution in [2.75, 3.05) is 26.2 Å². The van der Waals surface area contributed by atoms with E-state index in [-0.39, 0.29) is 6.10 Å². The van der Waals surface area contributed by atoms with Gasteiger partial charge in [0.2, 0.25) is 5.91 Å². The van der Waals surface area contributed by atoms with Gasteiger partial charge in [-0.15, -0.1) is 0 Å². The van der Waals surface area contributed by atoms with Gasteiger partial charge >= 0.3 is 0 Å². The molecule has 0 aromatic rings. The van der Waals surface area contributed by atoms with Crippen molar-refractivity contribution in [3.05, 3.63) is 0 Å². The van der Waals surface area contributed by atoms with Crippen LogP contribution in [0.1, 0.15) is 58.3 Å². The van der Waals surface area contributed by atoms with Gasteiger partial charge in [-0.1, -0.05) is 6.92 Å². The van der Waals surface area contributed by atoms with Gasteiger partial charge in [-0.2, -0.15) is 0 Å². The number of piperidine rings is 1. The van der Waals surface area contributed by atoms with Crippen molar-refractivity contribution in [3.8, 4) is 0 Å². The third-order valence-electron chi connectivity index (χ3n) is 5.05. The largest absolute Gasteiger partial charge is 0.376 e. The summed E-state index contributed by atoms with van der Waals surface area (Å²) >= 11 is 0. The Kier molecular flexibility index (Phi) is 6.97. The van der Waals surface area contributed by atoms with Crippen LogP contribution in [0.2, 0.25) is 0 Å². The molecule has 0 bridgehead atoms. The first-order valence-electron chi connectivity index (χ1n) is 8.82. The third kappa shape index (κ3) is 5.26. The monoisotopic (exact) mass is 296 g/mol. The van der Waals surface area contributed by atoms with Crippen LogP contribution in [0.15, 0.2) is 0 Å². The average molecular weight is 296 g/mol. The van der Waals surface area contributed by atoms with E-state index in [1.165, 1.54) is 25.7 Å². The molecule has 1 saturated carbocycles. The highest BCUT2D eigenvalue weighted by Gasteiger charge is 2.27. The second-order valence-corrected chi connectivity index (χ2v) is 6.80. The fourth-order valence-electron chi connectivity index (χ4n) is 3.63. The summed E-state index contributed by atoms with van der Waals surface area (Å²) in [7, 11) is 0. The Balaban J connectivity index is 1.72. The van der Waals surface area contributed by atoms with Crippen LogP contribution in [-0.2, 0) is 9.53 Å². The van der Waals surface area contributed by atoms with Gasteiger partial charge < -0.3 is 15.4 Å². The molecule has 2 aliphatic rings. The molecule has 1 amide bonds. The lowest BCUT2D eigenvalue weighted by Crippen LogP contribution is -2.44. The maximum absolute atomic E-state index is 12.5. The van der Waals surface area contributed by atoms with Crippen molar-refractivity contribution in [2.45, 2.75) is 64.4 Å². The Bertz CT molecular complexity index is 314. The minimum absolute atomic E-state index is 0.260. The van der Waals surface area contributed by atoms with Gasteiger partial charge in [0, 0.05) is 26.1 Å². The lowest BCUT2D eigenvalue weighted by atomic mass is 9.80. The molecular formula is C17H32N2O2. The zero-order valence-electron chi connectivity index (χ0n) is 13.6. The lowest BCUT2D eigenvalue weighted by molar-refractivity contribution is -0.136. The van der Waals surface area contributed by atoms with Gasteiger partial charge in [-0.3, -0.25) is 4.79 Å². The Hall–Kier alpha value is -0.610. The van der Waals surface area contributed by atoms with Crippen molar-refractivity contribution >= 4 is 5.91 Å². The van der Waals surface area contributed by atoms with E-state index in [0.717, 1.165) is 51.9 Å². The molecule has 122 valence electrons. The van der Waals surface area contributed by atoms with Gasteiger partial charge in [-0.25, -0.2) is 0 Å². The molecule has 0 radical (unpaired) electrons. The predicted molar refractivity (Wildman–Crippen MR) is 85.0 cm³/mol. The van der Waals surface area contributed by atoms with Gasteiger partial charge in [0.1, 0.15) is 0 Å². The number of hydrogen-bond donors (Lipinski definition) is 1. The first kappa shape index (κ1) is 16.8. The number of carbonyl (C=O) groups is 1. The van der Waals surface area contributed by atoms with E-state index in [1.807, 2.05) is 4.90 Å². The highest BCUT2D eigenvalue weighted by atomic mass is 16.5. The quantitative estimate of drug-likeness (QED) is 0.819. The van der Waals surface area contributed by atoms with Gasteiger partial charge in [0.15, 0.2) is 0 Å². The first-order valence-corrected chi connectivity index (χ1v) is 8.82. The number of likely N-dealkylation sites (tertiary alicyclic amines) is 1. The van der Waals surface area contributed by atoms with Crippen LogP contribution in [0.4, 0.5) is 0 Å². The summed E-state index contributed by atoms with van der Waals surface area (Å²) < 4.78 is 5.82. The van der Waals surface area contributed by atoms with E-state index in [2.05, 4.69) is 6.92 Å². The van der Waals surface area contributed by atoms with Crippen LogP contribution in [-0.4, -0.2) is 43.2 Å². The second kappa shape index (κ2) is 8.74. The molecule has 0 aromatic heterocycles. The van der Waals surface area contributed by atoms with E-state index >= 15 is 0 Å². The zero-order valence-corrected chi connectivity index (χ0v) is 13.6. The molecule has 21 heavy (non-hydrogen) atoms. The van der Waals surface area contributed by atoms with Crippen LogP contribution in [0.25, 0.3) is 0 Å². The number of amides is 1. The SMILES string of the molecule is CCCOC1CCCN(C(=O)CC2CCC(CN)CC2)C1. The van der Waals surface area contributed by atoms with Gasteiger partial charge in [-0.05, 0) is 63.3 Å². The molecule has 1 heterocycles. The van der Waals surface area contributed by atoms with Crippen LogP contribution >= 0.6 is 0 Å². The number of nitrogens with two attached hydrogens (primary N) is 1. The van der Waals surface area contributed by atoms with Crippen molar-refractivity contribution in [1.82, 2.24) is 4.90 Å². The smallest absolute Gasteiger partial charge is 0.222 e. The van der Waals surface area contributed by atoms with Crippen molar-refractivity contribution in [1.29, 1.82) is 0 Å². The number of ether oxygens (including phenoxy) is 1. The van der Waals surface area contributed by atoms with Crippen LogP contribution in [0.3, 0.4) is 0 Å². The minimum atomic E-state index is 0.260. The molecule has 1 unspecified atom stereocenters. The molecule has 1 aliphatic carbocycles. The third-order valence-corrected chi connectivity index (χ3v) is 5.05. The molecule has 4 heteroatoms. The number of hydrogen-bond acceptors (Lipinski definition) is 3. The molecular weight excluding hydrogens is 264 g/mol. The Morgan fingerprint density at radius 1 is 1.19 bits per heavy atom. The zero-order chi connectivity index (χ0) is 15.1. The molecule has 1 aliphatic heterocycles. The summed E-state index contributed by atoms with van der Waals surface area (Å²) in [4.78, 5) is 14.5. The summed E-state index contributed by atoms with van der Waals surface area (Å²) in [6.45, 7) is 5.47. The van der Waals surface area contributed by atoms with E-state index in [1.54, 1.807) is 0 Å². The van der Waals surface area contributed by atoms with Crippen LogP contribution in [0.5, 0.6) is 0 Å². The van der Waals surface area contributed by atoms with E-state index < -0.39 is 0 Å². The topological polar surface area (TPSA) is 55.6 Å². The summed E-state index contributed by atoms with van der Waals surface area (Å²) in [6.07, 6.45) is 9.00. The summed E-state index contributed by atoms with van der Waals surface area (Å²) in [5, 5.41) is 0. The maximum Gasteiger partial charge on any atom is 0.222 e.